The molecule has 1 heterocycles. The first-order valence-corrected chi connectivity index (χ1v) is 10.1. The topological polar surface area (TPSA) is 32.7 Å². The largest absolute Gasteiger partial charge is 0.389 e. The van der Waals surface area contributed by atoms with E-state index in [1.165, 1.54) is 51.4 Å². The summed E-state index contributed by atoms with van der Waals surface area (Å²) >= 11 is 0. The Morgan fingerprint density at radius 3 is 2.17 bits per heavy atom. The van der Waals surface area contributed by atoms with Crippen molar-refractivity contribution >= 4 is 0 Å². The van der Waals surface area contributed by atoms with Gasteiger partial charge in [-0.25, -0.2) is 0 Å². The van der Waals surface area contributed by atoms with Crippen LogP contribution < -0.4 is 0 Å². The molecule has 132 valence electrons. The molecule has 5 aliphatic rings. The highest BCUT2D eigenvalue weighted by atomic mass is 16.5. The second kappa shape index (κ2) is 6.65. The summed E-state index contributed by atoms with van der Waals surface area (Å²) in [6.45, 7) is 6.87. The molecular formula is C20H35NO2. The number of aliphatic hydroxyl groups excluding tert-OH is 1. The average Bonchev–Trinajstić information content (AvgIpc) is 2.48. The van der Waals surface area contributed by atoms with E-state index in [1.54, 1.807) is 0 Å². The third-order valence-electron chi connectivity index (χ3n) is 7.23. The van der Waals surface area contributed by atoms with Crippen LogP contribution in [-0.2, 0) is 4.74 Å². The lowest BCUT2D eigenvalue weighted by Gasteiger charge is -2.56. The molecule has 4 bridgehead atoms. The van der Waals surface area contributed by atoms with Crippen molar-refractivity contribution in [1.82, 2.24) is 4.90 Å². The molecule has 0 amide bonds. The molecule has 5 rings (SSSR count). The van der Waals surface area contributed by atoms with Crippen molar-refractivity contribution in [2.75, 3.05) is 32.8 Å². The number of β-amino-alcohol motifs (C(OH)–C–C–N with tert-alkyl or cyclic N) is 1. The minimum Gasteiger partial charge on any atom is -0.389 e. The molecule has 1 atom stereocenters. The van der Waals surface area contributed by atoms with Crippen LogP contribution >= 0.6 is 0 Å². The first kappa shape index (κ1) is 16.4. The van der Waals surface area contributed by atoms with Crippen molar-refractivity contribution in [3.05, 3.63) is 0 Å². The van der Waals surface area contributed by atoms with Crippen molar-refractivity contribution in [2.24, 2.45) is 29.1 Å². The highest BCUT2D eigenvalue weighted by Gasteiger charge is 2.50. The van der Waals surface area contributed by atoms with Gasteiger partial charge in [0.15, 0.2) is 0 Å². The first-order chi connectivity index (χ1) is 11.1. The van der Waals surface area contributed by atoms with Crippen LogP contribution in [0.25, 0.3) is 0 Å². The molecule has 4 aliphatic carbocycles. The Kier molecular flexibility index (Phi) is 4.73. The van der Waals surface area contributed by atoms with Gasteiger partial charge in [0.05, 0.1) is 19.3 Å². The summed E-state index contributed by atoms with van der Waals surface area (Å²) in [6, 6.07) is 0. The molecule has 0 radical (unpaired) electrons. The van der Waals surface area contributed by atoms with Crippen molar-refractivity contribution in [1.29, 1.82) is 0 Å². The number of aliphatic hydroxyl groups is 1. The van der Waals surface area contributed by atoms with Gasteiger partial charge in [-0.1, -0.05) is 6.92 Å². The van der Waals surface area contributed by atoms with Crippen LogP contribution in [0.1, 0.15) is 58.3 Å². The first-order valence-electron chi connectivity index (χ1n) is 10.1. The number of nitrogens with zero attached hydrogens (tertiary/aromatic N) is 1. The monoisotopic (exact) mass is 321 g/mol. The molecule has 0 aromatic heterocycles. The fourth-order valence-electron chi connectivity index (χ4n) is 6.47. The Hall–Kier alpha value is -0.120. The molecule has 0 spiro atoms. The van der Waals surface area contributed by atoms with Crippen LogP contribution in [0.2, 0.25) is 0 Å². The standard InChI is InChI=1S/C20H35NO2/c1-15-2-4-21(5-3-15)12-19(22)13-23-14-20-9-16-6-17(10-20)8-18(7-16)11-20/h15-19,22H,2-14H2,1H3/t16?,17?,18?,19-,20?/m1/s1. The van der Waals surface area contributed by atoms with Crippen LogP contribution in [0.5, 0.6) is 0 Å². The third kappa shape index (κ3) is 3.77. The lowest BCUT2D eigenvalue weighted by Crippen LogP contribution is -2.48. The van der Waals surface area contributed by atoms with Crippen molar-refractivity contribution < 1.29 is 9.84 Å². The van der Waals surface area contributed by atoms with Gasteiger partial charge in [0.2, 0.25) is 0 Å². The Labute approximate surface area is 141 Å². The van der Waals surface area contributed by atoms with E-state index in [0.29, 0.717) is 12.0 Å². The zero-order chi connectivity index (χ0) is 15.9. The summed E-state index contributed by atoms with van der Waals surface area (Å²) in [7, 11) is 0. The van der Waals surface area contributed by atoms with E-state index in [9.17, 15) is 5.11 Å². The van der Waals surface area contributed by atoms with Gasteiger partial charge in [0, 0.05) is 6.54 Å². The fourth-order valence-corrected chi connectivity index (χ4v) is 6.47. The summed E-state index contributed by atoms with van der Waals surface area (Å²) in [5, 5.41) is 10.3. The number of rotatable bonds is 6. The highest BCUT2D eigenvalue weighted by Crippen LogP contribution is 2.60. The SMILES string of the molecule is CC1CCN(C[C@@H](O)COCC23CC4CC(CC(C4)C2)C3)CC1. The molecular weight excluding hydrogens is 286 g/mol. The van der Waals surface area contributed by atoms with Gasteiger partial charge in [-0.15, -0.1) is 0 Å². The van der Waals surface area contributed by atoms with Gasteiger partial charge in [0.25, 0.3) is 0 Å². The normalized spacial score (nSPS) is 42.3. The molecule has 1 N–H and O–H groups in total. The van der Waals surface area contributed by atoms with E-state index in [2.05, 4.69) is 11.8 Å². The van der Waals surface area contributed by atoms with Crippen LogP contribution in [0.4, 0.5) is 0 Å². The van der Waals surface area contributed by atoms with Crippen LogP contribution in [0, 0.1) is 29.1 Å². The summed E-state index contributed by atoms with van der Waals surface area (Å²) < 4.78 is 6.07. The maximum absolute atomic E-state index is 10.3. The molecule has 1 aliphatic heterocycles. The van der Waals surface area contributed by atoms with E-state index >= 15 is 0 Å². The van der Waals surface area contributed by atoms with Gasteiger partial charge in [-0.2, -0.15) is 0 Å². The highest BCUT2D eigenvalue weighted by molar-refractivity contribution is 5.01. The third-order valence-corrected chi connectivity index (χ3v) is 7.23. The van der Waals surface area contributed by atoms with Crippen molar-refractivity contribution in [3.8, 4) is 0 Å². The molecule has 0 aromatic carbocycles. The Morgan fingerprint density at radius 1 is 1.04 bits per heavy atom. The van der Waals surface area contributed by atoms with E-state index in [0.717, 1.165) is 49.9 Å². The lowest BCUT2D eigenvalue weighted by molar-refractivity contribution is -0.107. The Bertz CT molecular complexity index is 367. The maximum atomic E-state index is 10.3. The second-order valence-corrected chi connectivity index (χ2v) is 9.57. The second-order valence-electron chi connectivity index (χ2n) is 9.57. The predicted octanol–water partition coefficient (Wildman–Crippen LogP) is 3.31. The molecule has 3 heteroatoms. The minimum atomic E-state index is -0.308. The molecule has 3 nitrogen and oxygen atoms in total. The molecule has 0 aromatic rings. The summed E-state index contributed by atoms with van der Waals surface area (Å²) in [6.07, 6.45) is 10.9. The van der Waals surface area contributed by atoms with Gasteiger partial charge in [-0.05, 0) is 93.5 Å². The molecule has 0 unspecified atom stereocenters. The van der Waals surface area contributed by atoms with Gasteiger partial charge >= 0.3 is 0 Å². The van der Waals surface area contributed by atoms with Crippen LogP contribution in [-0.4, -0.2) is 49.0 Å². The summed E-state index contributed by atoms with van der Waals surface area (Å²) in [5.41, 5.74) is 0.481. The maximum Gasteiger partial charge on any atom is 0.0900 e. The molecule has 5 fully saturated rings. The van der Waals surface area contributed by atoms with Crippen LogP contribution in [0.15, 0.2) is 0 Å². The number of hydrogen-bond donors (Lipinski definition) is 1. The van der Waals surface area contributed by atoms with E-state index in [1.807, 2.05) is 0 Å². The molecule has 23 heavy (non-hydrogen) atoms. The smallest absolute Gasteiger partial charge is 0.0900 e. The summed E-state index contributed by atoms with van der Waals surface area (Å²) in [5.74, 6) is 3.83. The Balaban J connectivity index is 1.20. The minimum absolute atomic E-state index is 0.308. The van der Waals surface area contributed by atoms with Gasteiger partial charge < -0.3 is 14.7 Å². The fraction of sp³-hybridized carbons (Fsp3) is 1.00. The quantitative estimate of drug-likeness (QED) is 0.814. The van der Waals surface area contributed by atoms with E-state index < -0.39 is 0 Å². The van der Waals surface area contributed by atoms with Crippen molar-refractivity contribution in [3.63, 3.8) is 0 Å². The average molecular weight is 322 g/mol. The zero-order valence-electron chi connectivity index (χ0n) is 14.9. The Morgan fingerprint density at radius 2 is 1.61 bits per heavy atom. The van der Waals surface area contributed by atoms with Crippen LogP contribution in [0.3, 0.4) is 0 Å². The summed E-state index contributed by atoms with van der Waals surface area (Å²) in [4.78, 5) is 2.42. The van der Waals surface area contributed by atoms with Gasteiger partial charge in [0.1, 0.15) is 0 Å². The number of ether oxygens (including phenoxy) is 1. The zero-order valence-corrected chi connectivity index (χ0v) is 14.9. The number of hydrogen-bond acceptors (Lipinski definition) is 3. The predicted molar refractivity (Wildman–Crippen MR) is 92.3 cm³/mol. The molecule has 1 saturated heterocycles. The molecule has 4 saturated carbocycles. The van der Waals surface area contributed by atoms with Gasteiger partial charge in [-0.3, -0.25) is 0 Å². The van der Waals surface area contributed by atoms with Crippen molar-refractivity contribution in [2.45, 2.75) is 64.4 Å². The number of piperidine rings is 1. The lowest BCUT2D eigenvalue weighted by atomic mass is 9.50. The van der Waals surface area contributed by atoms with E-state index in [4.69, 9.17) is 4.74 Å². The number of likely N-dealkylation sites (tertiary alicyclic amines) is 1. The van der Waals surface area contributed by atoms with E-state index in [-0.39, 0.29) is 6.10 Å².